The maximum atomic E-state index is 13.5. The number of hydrogen-bond donors (Lipinski definition) is 2. The fourth-order valence-electron chi connectivity index (χ4n) is 4.30. The van der Waals surface area contributed by atoms with Crippen LogP contribution in [-0.4, -0.2) is 45.8 Å². The van der Waals surface area contributed by atoms with E-state index in [9.17, 15) is 19.8 Å². The van der Waals surface area contributed by atoms with Gasteiger partial charge in [0.1, 0.15) is 11.5 Å². The molecule has 4 aromatic rings. The minimum atomic E-state index is -1.04. The molecule has 1 amide bonds. The lowest BCUT2D eigenvalue weighted by Gasteiger charge is -2.23. The molecular weight excluding hydrogens is 550 g/mol. The first-order chi connectivity index (χ1) is 19.4. The van der Waals surface area contributed by atoms with Crippen molar-refractivity contribution in [1.82, 2.24) is 10.2 Å². The molecule has 3 aromatic carbocycles. The highest BCUT2D eigenvalue weighted by Gasteiger charge is 2.48. The van der Waals surface area contributed by atoms with Gasteiger partial charge in [-0.15, -0.1) is 10.2 Å². The molecule has 2 N–H and O–H groups in total. The van der Waals surface area contributed by atoms with Crippen LogP contribution in [0.25, 0.3) is 5.76 Å². The van der Waals surface area contributed by atoms with Crippen LogP contribution in [0.1, 0.15) is 29.7 Å². The van der Waals surface area contributed by atoms with E-state index in [1.165, 1.54) is 41.2 Å². The number of phenolic OH excluding ortho intramolecular Hbond substituents is 1. The van der Waals surface area contributed by atoms with Crippen molar-refractivity contribution in [2.24, 2.45) is 0 Å². The van der Waals surface area contributed by atoms with Gasteiger partial charge in [0.25, 0.3) is 5.78 Å². The molecule has 0 spiro atoms. The number of aliphatic hydroxyl groups is 1. The number of amides is 1. The van der Waals surface area contributed by atoms with Crippen LogP contribution in [0.3, 0.4) is 0 Å². The van der Waals surface area contributed by atoms with Crippen LogP contribution in [-0.2, 0) is 15.3 Å². The molecule has 5 rings (SSSR count). The number of carbonyl (C=O) groups is 2. The monoisotopic (exact) mass is 575 g/mol. The zero-order valence-electron chi connectivity index (χ0n) is 21.6. The summed E-state index contributed by atoms with van der Waals surface area (Å²) in [4.78, 5) is 28.1. The third kappa shape index (κ3) is 5.38. The number of phenols is 1. The summed E-state index contributed by atoms with van der Waals surface area (Å²) in [7, 11) is 1.52. The van der Waals surface area contributed by atoms with Gasteiger partial charge in [-0.05, 0) is 54.4 Å². The van der Waals surface area contributed by atoms with E-state index >= 15 is 0 Å². The number of aliphatic hydroxyl groups excluding tert-OH is 1. The van der Waals surface area contributed by atoms with Gasteiger partial charge in [-0.25, -0.2) is 0 Å². The zero-order chi connectivity index (χ0) is 28.2. The van der Waals surface area contributed by atoms with Crippen molar-refractivity contribution >= 4 is 45.7 Å². The van der Waals surface area contributed by atoms with Gasteiger partial charge in [-0.1, -0.05) is 59.5 Å². The Kier molecular flexibility index (Phi) is 8.04. The Hall–Kier alpha value is -4.35. The Labute approximate surface area is 238 Å². The number of ketones is 1. The second-order valence-electron chi connectivity index (χ2n) is 8.68. The number of nitrogens with zero attached hydrogens (tertiary/aromatic N) is 3. The maximum Gasteiger partial charge on any atom is 0.301 e. The highest BCUT2D eigenvalue weighted by Crippen LogP contribution is 2.45. The summed E-state index contributed by atoms with van der Waals surface area (Å²) in [5, 5.41) is 30.3. The highest BCUT2D eigenvalue weighted by atomic mass is 32.2. The van der Waals surface area contributed by atoms with E-state index in [0.29, 0.717) is 33.6 Å². The molecule has 204 valence electrons. The Morgan fingerprint density at radius 1 is 1.05 bits per heavy atom. The number of aromatic hydroxyl groups is 1. The molecule has 2 heterocycles. The van der Waals surface area contributed by atoms with Gasteiger partial charge in [0, 0.05) is 11.3 Å². The van der Waals surface area contributed by atoms with Crippen molar-refractivity contribution in [1.29, 1.82) is 0 Å². The SMILES string of the molecule is CCOc1cc(C2/C(=C(/O)c3ccc(OC)cc3)C(=O)C(=O)N2c2nnc(SCc3ccccc3)s2)ccc1O. The van der Waals surface area contributed by atoms with Gasteiger partial charge in [-0.3, -0.25) is 14.5 Å². The lowest BCUT2D eigenvalue weighted by molar-refractivity contribution is -0.132. The van der Waals surface area contributed by atoms with Crippen LogP contribution >= 0.6 is 23.1 Å². The third-order valence-corrected chi connectivity index (χ3v) is 8.34. The minimum absolute atomic E-state index is 0.0896. The summed E-state index contributed by atoms with van der Waals surface area (Å²) in [6, 6.07) is 19.9. The number of rotatable bonds is 9. The molecule has 1 unspecified atom stereocenters. The van der Waals surface area contributed by atoms with Crippen LogP contribution in [0.15, 0.2) is 82.7 Å². The van der Waals surface area contributed by atoms with Crippen LogP contribution in [0.4, 0.5) is 5.13 Å². The number of thioether (sulfide) groups is 1. The lowest BCUT2D eigenvalue weighted by atomic mass is 9.95. The van der Waals surface area contributed by atoms with Gasteiger partial charge in [-0.2, -0.15) is 0 Å². The van der Waals surface area contributed by atoms with E-state index in [-0.39, 0.29) is 28.0 Å². The van der Waals surface area contributed by atoms with Crippen molar-refractivity contribution in [3.8, 4) is 17.2 Å². The third-order valence-electron chi connectivity index (χ3n) is 6.21. The summed E-state index contributed by atoms with van der Waals surface area (Å²) < 4.78 is 11.4. The van der Waals surface area contributed by atoms with E-state index < -0.39 is 17.7 Å². The van der Waals surface area contributed by atoms with Crippen molar-refractivity contribution in [3.05, 3.63) is 95.1 Å². The fraction of sp³-hybridized carbons (Fsp3) is 0.172. The van der Waals surface area contributed by atoms with Gasteiger partial charge < -0.3 is 19.7 Å². The van der Waals surface area contributed by atoms with Crippen LogP contribution < -0.4 is 14.4 Å². The summed E-state index contributed by atoms with van der Waals surface area (Å²) in [5.41, 5.74) is 1.78. The number of carbonyl (C=O) groups excluding carboxylic acids is 2. The highest BCUT2D eigenvalue weighted by molar-refractivity contribution is 8.00. The van der Waals surface area contributed by atoms with Crippen LogP contribution in [0.2, 0.25) is 0 Å². The molecule has 0 saturated carbocycles. The molecule has 40 heavy (non-hydrogen) atoms. The average Bonchev–Trinajstić information content (AvgIpc) is 3.55. The maximum absolute atomic E-state index is 13.5. The van der Waals surface area contributed by atoms with Gasteiger partial charge >= 0.3 is 5.91 Å². The first-order valence-electron chi connectivity index (χ1n) is 12.3. The van der Waals surface area contributed by atoms with E-state index in [4.69, 9.17) is 9.47 Å². The van der Waals surface area contributed by atoms with Gasteiger partial charge in [0.15, 0.2) is 15.8 Å². The second-order valence-corrected chi connectivity index (χ2v) is 10.9. The Morgan fingerprint density at radius 3 is 2.50 bits per heavy atom. The number of anilines is 1. The Balaban J connectivity index is 1.58. The summed E-state index contributed by atoms with van der Waals surface area (Å²) >= 11 is 2.64. The van der Waals surface area contributed by atoms with E-state index in [1.807, 2.05) is 30.3 Å². The molecule has 1 atom stereocenters. The normalized spacial score (nSPS) is 16.4. The van der Waals surface area contributed by atoms with Crippen LogP contribution in [0, 0.1) is 0 Å². The fourth-order valence-corrected chi connectivity index (χ4v) is 6.12. The molecule has 0 bridgehead atoms. The van der Waals surface area contributed by atoms with Gasteiger partial charge in [0.2, 0.25) is 5.13 Å². The molecule has 1 aliphatic heterocycles. The Bertz CT molecular complexity index is 1570. The largest absolute Gasteiger partial charge is 0.507 e. The molecular formula is C29H25N3O6S2. The number of methoxy groups -OCH3 is 1. The first-order valence-corrected chi connectivity index (χ1v) is 14.1. The number of ether oxygens (including phenoxy) is 2. The second kappa shape index (κ2) is 11.8. The number of aromatic nitrogens is 2. The first kappa shape index (κ1) is 27.2. The topological polar surface area (TPSA) is 122 Å². The quantitative estimate of drug-likeness (QED) is 0.0867. The van der Waals surface area contributed by atoms with Crippen molar-refractivity contribution in [2.75, 3.05) is 18.6 Å². The number of hydrogen-bond acceptors (Lipinski definition) is 10. The van der Waals surface area contributed by atoms with E-state index in [0.717, 1.165) is 5.56 Å². The van der Waals surface area contributed by atoms with Crippen molar-refractivity contribution in [3.63, 3.8) is 0 Å². The lowest BCUT2D eigenvalue weighted by Crippen LogP contribution is -2.29. The molecule has 0 aliphatic carbocycles. The summed E-state index contributed by atoms with van der Waals surface area (Å²) in [5.74, 6) is -0.727. The number of Topliss-reactive ketones (excluding diaryl/α,β-unsaturated/α-hetero) is 1. The minimum Gasteiger partial charge on any atom is -0.507 e. The Morgan fingerprint density at radius 2 is 1.80 bits per heavy atom. The van der Waals surface area contributed by atoms with Crippen molar-refractivity contribution < 1.29 is 29.3 Å². The molecule has 1 aromatic heterocycles. The van der Waals surface area contributed by atoms with Crippen LogP contribution in [0.5, 0.6) is 17.2 Å². The van der Waals surface area contributed by atoms with E-state index in [2.05, 4.69) is 10.2 Å². The summed E-state index contributed by atoms with van der Waals surface area (Å²) in [6.45, 7) is 2.07. The standard InChI is InChI=1S/C29H25N3O6S2/c1-3-38-22-15-19(11-14-21(22)33)24-23(25(34)18-9-12-20(37-2)13-10-18)26(35)27(36)32(24)28-30-31-29(40-28)39-16-17-7-5-4-6-8-17/h4-15,24,33-34H,3,16H2,1-2H3/b25-23-. The molecule has 0 radical (unpaired) electrons. The molecule has 1 fully saturated rings. The zero-order valence-corrected chi connectivity index (χ0v) is 23.2. The smallest absolute Gasteiger partial charge is 0.301 e. The number of benzene rings is 3. The van der Waals surface area contributed by atoms with Crippen molar-refractivity contribution in [2.45, 2.75) is 23.1 Å². The molecule has 1 saturated heterocycles. The molecule has 9 nitrogen and oxygen atoms in total. The molecule has 1 aliphatic rings. The molecule has 11 heteroatoms. The average molecular weight is 576 g/mol. The van der Waals surface area contributed by atoms with E-state index in [1.54, 1.807) is 43.3 Å². The summed E-state index contributed by atoms with van der Waals surface area (Å²) in [6.07, 6.45) is 0. The van der Waals surface area contributed by atoms with Gasteiger partial charge in [0.05, 0.1) is 25.3 Å². The predicted octanol–water partition coefficient (Wildman–Crippen LogP) is 5.57. The predicted molar refractivity (Wildman–Crippen MR) is 153 cm³/mol.